The smallest absolute Gasteiger partial charge is 0.253 e. The van der Waals surface area contributed by atoms with Gasteiger partial charge >= 0.3 is 0 Å². The minimum atomic E-state index is 0.0120. The molecule has 0 unspecified atom stereocenters. The van der Waals surface area contributed by atoms with Gasteiger partial charge in [0.2, 0.25) is 0 Å². The average molecular weight is 243 g/mol. The molecular weight excluding hydrogens is 226 g/mol. The van der Waals surface area contributed by atoms with E-state index in [-0.39, 0.29) is 5.91 Å². The van der Waals surface area contributed by atoms with Crippen molar-refractivity contribution >= 4 is 22.5 Å². The first-order chi connectivity index (χ1) is 8.74. The molecule has 4 nitrogen and oxygen atoms in total. The zero-order chi connectivity index (χ0) is 12.5. The van der Waals surface area contributed by atoms with Gasteiger partial charge in [0.05, 0.1) is 5.56 Å². The molecule has 1 aromatic carbocycles. The van der Waals surface area contributed by atoms with Crippen LogP contribution in [0.2, 0.25) is 0 Å². The quantitative estimate of drug-likeness (QED) is 0.709. The van der Waals surface area contributed by atoms with Crippen LogP contribution in [-0.4, -0.2) is 16.9 Å². The molecule has 0 atom stereocenters. The van der Waals surface area contributed by atoms with Gasteiger partial charge in [-0.15, -0.1) is 0 Å². The highest BCUT2D eigenvalue weighted by Crippen LogP contribution is 2.22. The van der Waals surface area contributed by atoms with E-state index in [1.165, 1.54) is 12.8 Å². The van der Waals surface area contributed by atoms with Crippen molar-refractivity contribution in [2.45, 2.75) is 31.7 Å². The second-order valence-electron chi connectivity index (χ2n) is 4.96. The number of nitrogens with two attached hydrogens (primary N) is 1. The number of carbonyl (C=O) groups excluding carboxylic acids is 1. The van der Waals surface area contributed by atoms with Crippen LogP contribution >= 0.6 is 0 Å². The van der Waals surface area contributed by atoms with Gasteiger partial charge < -0.3 is 16.0 Å². The van der Waals surface area contributed by atoms with Gasteiger partial charge in [-0.1, -0.05) is 12.8 Å². The highest BCUT2D eigenvalue weighted by molar-refractivity contribution is 6.07. The molecule has 0 saturated heterocycles. The predicted molar refractivity (Wildman–Crippen MR) is 72.4 cm³/mol. The summed E-state index contributed by atoms with van der Waals surface area (Å²) in [7, 11) is 0. The molecule has 2 aromatic rings. The van der Waals surface area contributed by atoms with Crippen LogP contribution < -0.4 is 11.1 Å². The molecule has 0 bridgehead atoms. The lowest BCUT2D eigenvalue weighted by molar-refractivity contribution is 0.0939. The van der Waals surface area contributed by atoms with Crippen molar-refractivity contribution in [1.29, 1.82) is 0 Å². The summed E-state index contributed by atoms with van der Waals surface area (Å²) < 4.78 is 0. The number of aromatic amines is 1. The lowest BCUT2D eigenvalue weighted by Gasteiger charge is -2.11. The first-order valence-corrected chi connectivity index (χ1v) is 6.41. The number of hydrogen-bond acceptors (Lipinski definition) is 2. The summed E-state index contributed by atoms with van der Waals surface area (Å²) in [5.74, 6) is 0.0120. The van der Waals surface area contributed by atoms with E-state index in [1.54, 1.807) is 6.20 Å². The summed E-state index contributed by atoms with van der Waals surface area (Å²) in [6, 6.07) is 5.91. The van der Waals surface area contributed by atoms with Gasteiger partial charge in [0.15, 0.2) is 0 Å². The number of aromatic nitrogens is 1. The van der Waals surface area contributed by atoms with Crippen molar-refractivity contribution in [2.24, 2.45) is 0 Å². The fraction of sp³-hybridized carbons (Fsp3) is 0.357. The minimum absolute atomic E-state index is 0.0120. The summed E-state index contributed by atoms with van der Waals surface area (Å²) in [6.07, 6.45) is 6.39. The summed E-state index contributed by atoms with van der Waals surface area (Å²) in [5.41, 5.74) is 8.04. The molecule has 0 aliphatic heterocycles. The summed E-state index contributed by atoms with van der Waals surface area (Å²) >= 11 is 0. The third-order valence-electron chi connectivity index (χ3n) is 3.64. The highest BCUT2D eigenvalue weighted by Gasteiger charge is 2.19. The van der Waals surface area contributed by atoms with Gasteiger partial charge in [-0.3, -0.25) is 4.79 Å². The van der Waals surface area contributed by atoms with Crippen LogP contribution in [0.5, 0.6) is 0 Å². The first-order valence-electron chi connectivity index (χ1n) is 6.41. The number of carbonyl (C=O) groups is 1. The van der Waals surface area contributed by atoms with Crippen molar-refractivity contribution in [3.8, 4) is 0 Å². The molecule has 1 amide bonds. The molecule has 0 spiro atoms. The van der Waals surface area contributed by atoms with E-state index in [0.29, 0.717) is 17.3 Å². The summed E-state index contributed by atoms with van der Waals surface area (Å²) in [6.45, 7) is 0. The maximum Gasteiger partial charge on any atom is 0.253 e. The number of nitrogens with one attached hydrogen (secondary N) is 2. The second-order valence-corrected chi connectivity index (χ2v) is 4.96. The largest absolute Gasteiger partial charge is 0.399 e. The number of nitrogen functional groups attached to an aromatic ring is 1. The SMILES string of the molecule is Nc1ccc2c(C(=O)NC3CCCC3)c[nH]c2c1. The number of hydrogen-bond donors (Lipinski definition) is 3. The Morgan fingerprint density at radius 3 is 2.89 bits per heavy atom. The fourth-order valence-corrected chi connectivity index (χ4v) is 2.66. The van der Waals surface area contributed by atoms with Crippen LogP contribution in [0.25, 0.3) is 10.9 Å². The van der Waals surface area contributed by atoms with E-state index < -0.39 is 0 Å². The van der Waals surface area contributed by atoms with Crippen LogP contribution in [0.1, 0.15) is 36.0 Å². The average Bonchev–Trinajstić information content (AvgIpc) is 2.97. The standard InChI is InChI=1S/C14H17N3O/c15-9-5-6-11-12(8-16-13(11)7-9)14(18)17-10-3-1-2-4-10/h5-8,10,16H,1-4,15H2,(H,17,18). The van der Waals surface area contributed by atoms with Gasteiger partial charge in [-0.2, -0.15) is 0 Å². The van der Waals surface area contributed by atoms with Crippen molar-refractivity contribution in [3.63, 3.8) is 0 Å². The Balaban J connectivity index is 1.86. The molecule has 94 valence electrons. The molecular formula is C14H17N3O. The topological polar surface area (TPSA) is 70.9 Å². The molecule has 1 saturated carbocycles. The van der Waals surface area contributed by atoms with Gasteiger partial charge in [0.25, 0.3) is 5.91 Å². The minimum Gasteiger partial charge on any atom is -0.399 e. The molecule has 18 heavy (non-hydrogen) atoms. The molecule has 1 heterocycles. The number of benzene rings is 1. The van der Waals surface area contributed by atoms with E-state index in [4.69, 9.17) is 5.73 Å². The molecule has 1 aliphatic rings. The highest BCUT2D eigenvalue weighted by atomic mass is 16.1. The van der Waals surface area contributed by atoms with Gasteiger partial charge in [-0.25, -0.2) is 0 Å². The lowest BCUT2D eigenvalue weighted by Crippen LogP contribution is -2.32. The van der Waals surface area contributed by atoms with E-state index in [2.05, 4.69) is 10.3 Å². The van der Waals surface area contributed by atoms with E-state index in [9.17, 15) is 4.79 Å². The third-order valence-corrected chi connectivity index (χ3v) is 3.64. The monoisotopic (exact) mass is 243 g/mol. The second kappa shape index (κ2) is 4.37. The molecule has 1 aromatic heterocycles. The van der Waals surface area contributed by atoms with E-state index >= 15 is 0 Å². The Morgan fingerprint density at radius 1 is 1.33 bits per heavy atom. The number of H-pyrrole nitrogens is 1. The molecule has 3 rings (SSSR count). The number of fused-ring (bicyclic) bond motifs is 1. The van der Waals surface area contributed by atoms with Crippen molar-refractivity contribution in [3.05, 3.63) is 30.0 Å². The van der Waals surface area contributed by atoms with Crippen molar-refractivity contribution in [1.82, 2.24) is 10.3 Å². The van der Waals surface area contributed by atoms with Crippen molar-refractivity contribution < 1.29 is 4.79 Å². The van der Waals surface area contributed by atoms with Gasteiger partial charge in [0, 0.05) is 28.8 Å². The maximum absolute atomic E-state index is 12.2. The van der Waals surface area contributed by atoms with Crippen molar-refractivity contribution in [2.75, 3.05) is 5.73 Å². The summed E-state index contributed by atoms with van der Waals surface area (Å²) in [4.78, 5) is 15.3. The van der Waals surface area contributed by atoms with Crippen LogP contribution in [0.3, 0.4) is 0 Å². The normalized spacial score (nSPS) is 16.2. The number of amides is 1. The molecule has 1 aliphatic carbocycles. The van der Waals surface area contributed by atoms with Crippen LogP contribution in [0, 0.1) is 0 Å². The number of rotatable bonds is 2. The molecule has 4 heteroatoms. The number of anilines is 1. The van der Waals surface area contributed by atoms with Gasteiger partial charge in [-0.05, 0) is 31.0 Å². The molecule has 4 N–H and O–H groups in total. The zero-order valence-electron chi connectivity index (χ0n) is 10.2. The fourth-order valence-electron chi connectivity index (χ4n) is 2.66. The Hall–Kier alpha value is -1.97. The maximum atomic E-state index is 12.2. The predicted octanol–water partition coefficient (Wildman–Crippen LogP) is 2.42. The van der Waals surface area contributed by atoms with Gasteiger partial charge in [0.1, 0.15) is 0 Å². The molecule has 1 fully saturated rings. The zero-order valence-corrected chi connectivity index (χ0v) is 10.2. The van der Waals surface area contributed by atoms with E-state index in [0.717, 1.165) is 23.7 Å². The Morgan fingerprint density at radius 2 is 2.11 bits per heavy atom. The first kappa shape index (κ1) is 11.1. The van der Waals surface area contributed by atoms with E-state index in [1.807, 2.05) is 18.2 Å². The summed E-state index contributed by atoms with van der Waals surface area (Å²) in [5, 5.41) is 4.03. The Kier molecular flexibility index (Phi) is 2.70. The van der Waals surface area contributed by atoms with Crippen LogP contribution in [0.15, 0.2) is 24.4 Å². The van der Waals surface area contributed by atoms with Crippen LogP contribution in [0.4, 0.5) is 5.69 Å². The Bertz CT molecular complexity index is 582. The Labute approximate surface area is 106 Å². The lowest BCUT2D eigenvalue weighted by atomic mass is 10.1. The molecule has 0 radical (unpaired) electrons. The van der Waals surface area contributed by atoms with Crippen LogP contribution in [-0.2, 0) is 0 Å². The third kappa shape index (κ3) is 1.94.